The lowest BCUT2D eigenvalue weighted by Gasteiger charge is -2.20. The van der Waals surface area contributed by atoms with Crippen molar-refractivity contribution >= 4 is 27.6 Å². The highest BCUT2D eigenvalue weighted by atomic mass is 32.1. The minimum absolute atomic E-state index is 0.112. The van der Waals surface area contributed by atoms with Crippen LogP contribution in [0.25, 0.3) is 10.3 Å². The van der Waals surface area contributed by atoms with Crippen molar-refractivity contribution in [1.29, 1.82) is 0 Å². The van der Waals surface area contributed by atoms with E-state index in [1.165, 1.54) is 17.4 Å². The molecule has 6 nitrogen and oxygen atoms in total. The minimum atomic E-state index is -4.58. The number of amides is 1. The molecule has 0 saturated carbocycles. The molecular weight excluding hydrogens is 465 g/mol. The van der Waals surface area contributed by atoms with E-state index in [1.807, 2.05) is 23.7 Å². The zero-order valence-electron chi connectivity index (χ0n) is 19.1. The molecule has 182 valence electrons. The number of benzene rings is 1. The lowest BCUT2D eigenvalue weighted by molar-refractivity contribution is -0.137. The number of alkyl halides is 3. The van der Waals surface area contributed by atoms with Crippen LogP contribution in [0.2, 0.25) is 0 Å². The number of pyridine rings is 1. The summed E-state index contributed by atoms with van der Waals surface area (Å²) >= 11 is 1.24. The van der Waals surface area contributed by atoms with Crippen LogP contribution in [0.3, 0.4) is 0 Å². The van der Waals surface area contributed by atoms with E-state index in [9.17, 15) is 18.0 Å². The number of halogens is 3. The summed E-state index contributed by atoms with van der Waals surface area (Å²) < 4.78 is 48.0. The number of aryl methyl sites for hydroxylation is 1. The second kappa shape index (κ2) is 10.3. The number of thiazole rings is 1. The van der Waals surface area contributed by atoms with E-state index in [2.05, 4.69) is 21.8 Å². The summed E-state index contributed by atoms with van der Waals surface area (Å²) in [6.07, 6.45) is 0.872. The summed E-state index contributed by atoms with van der Waals surface area (Å²) in [5, 5.41) is 0. The van der Waals surface area contributed by atoms with Crippen molar-refractivity contribution in [2.24, 2.45) is 4.99 Å². The molecule has 10 heteroatoms. The minimum Gasteiger partial charge on any atom is -0.491 e. The fraction of sp³-hybridized carbons (Fsp3) is 0.458. The molecule has 1 unspecified atom stereocenters. The number of likely N-dealkylation sites (tertiary alicyclic amines) is 1. The molecule has 1 atom stereocenters. The molecule has 2 aromatic heterocycles. The van der Waals surface area contributed by atoms with Crippen LogP contribution in [0, 0.1) is 0 Å². The number of ether oxygens (including phenoxy) is 1. The van der Waals surface area contributed by atoms with E-state index in [0.717, 1.165) is 54.7 Å². The molecule has 1 aliphatic rings. The van der Waals surface area contributed by atoms with Crippen molar-refractivity contribution in [3.8, 4) is 5.75 Å². The molecule has 1 aromatic carbocycles. The van der Waals surface area contributed by atoms with Gasteiger partial charge < -0.3 is 14.2 Å². The molecule has 0 spiro atoms. The molecule has 1 saturated heterocycles. The van der Waals surface area contributed by atoms with E-state index in [1.54, 1.807) is 6.20 Å². The molecule has 34 heavy (non-hydrogen) atoms. The Morgan fingerprint density at radius 3 is 2.85 bits per heavy atom. The van der Waals surface area contributed by atoms with Gasteiger partial charge in [-0.3, -0.25) is 4.79 Å². The number of fused-ring (bicyclic) bond motifs is 1. The summed E-state index contributed by atoms with van der Waals surface area (Å²) in [6, 6.07) is 6.86. The lowest BCUT2D eigenvalue weighted by atomic mass is 10.1. The van der Waals surface area contributed by atoms with Crippen LogP contribution in [0.4, 0.5) is 13.2 Å². The highest BCUT2D eigenvalue weighted by molar-refractivity contribution is 7.15. The normalized spacial score (nSPS) is 17.6. The molecule has 0 bridgehead atoms. The number of hydrogen-bond donors (Lipinski definition) is 0. The molecule has 0 radical (unpaired) electrons. The number of carbonyl (C=O) groups excluding carboxylic acids is 1. The van der Waals surface area contributed by atoms with Gasteiger partial charge in [-0.05, 0) is 63.2 Å². The second-order valence-electron chi connectivity index (χ2n) is 8.43. The van der Waals surface area contributed by atoms with Crippen molar-refractivity contribution in [2.45, 2.75) is 51.4 Å². The Morgan fingerprint density at radius 2 is 2.15 bits per heavy atom. The van der Waals surface area contributed by atoms with Crippen LogP contribution in [-0.2, 0) is 12.7 Å². The third kappa shape index (κ3) is 5.33. The fourth-order valence-electron chi connectivity index (χ4n) is 4.05. The largest absolute Gasteiger partial charge is 0.491 e. The average molecular weight is 493 g/mol. The van der Waals surface area contributed by atoms with E-state index >= 15 is 0 Å². The lowest BCUT2D eigenvalue weighted by Crippen LogP contribution is -2.30. The number of rotatable bonds is 7. The van der Waals surface area contributed by atoms with E-state index in [-0.39, 0.29) is 17.4 Å². The number of hydrogen-bond acceptors (Lipinski definition) is 5. The quantitative estimate of drug-likeness (QED) is 0.459. The summed E-state index contributed by atoms with van der Waals surface area (Å²) in [5.41, 5.74) is -0.256. The third-order valence-electron chi connectivity index (χ3n) is 6.03. The highest BCUT2D eigenvalue weighted by Gasteiger charge is 2.32. The van der Waals surface area contributed by atoms with Gasteiger partial charge in [-0.15, -0.1) is 0 Å². The van der Waals surface area contributed by atoms with Crippen LogP contribution < -0.4 is 9.54 Å². The van der Waals surface area contributed by atoms with Gasteiger partial charge >= 0.3 is 6.18 Å². The van der Waals surface area contributed by atoms with Gasteiger partial charge in [-0.2, -0.15) is 18.2 Å². The molecule has 4 rings (SSSR count). The number of nitrogens with zero attached hydrogens (tertiary/aromatic N) is 4. The summed E-state index contributed by atoms with van der Waals surface area (Å²) in [5.74, 6) is -0.654. The standard InChI is InChI=1S/C24H27F3N4O2S/c1-3-4-13-31-19-8-5-11-28-22(19)34-23(31)29-21(32)18-14-16(24(25,26)27)9-10-20(18)33-15-17-7-6-12-30(17)2/h5,8-11,14,17H,3-4,6-7,12-13,15H2,1-2H3. The van der Waals surface area contributed by atoms with Gasteiger partial charge in [-0.25, -0.2) is 4.98 Å². The average Bonchev–Trinajstić information content (AvgIpc) is 3.37. The molecule has 1 amide bonds. The molecule has 1 aliphatic heterocycles. The monoisotopic (exact) mass is 492 g/mol. The Morgan fingerprint density at radius 1 is 1.32 bits per heavy atom. The topological polar surface area (TPSA) is 59.7 Å². The van der Waals surface area contributed by atoms with E-state index in [4.69, 9.17) is 4.74 Å². The first-order valence-corrected chi connectivity index (χ1v) is 12.2. The van der Waals surface area contributed by atoms with Crippen LogP contribution >= 0.6 is 11.3 Å². The maximum atomic E-state index is 13.4. The molecule has 0 aliphatic carbocycles. The van der Waals surface area contributed by atoms with E-state index < -0.39 is 17.6 Å². The van der Waals surface area contributed by atoms with Crippen LogP contribution in [0.15, 0.2) is 41.5 Å². The first kappa shape index (κ1) is 24.4. The Balaban J connectivity index is 1.73. The first-order valence-electron chi connectivity index (χ1n) is 11.4. The van der Waals surface area contributed by atoms with Gasteiger partial charge in [0.2, 0.25) is 0 Å². The van der Waals surface area contributed by atoms with E-state index in [0.29, 0.717) is 18.0 Å². The molecule has 3 heterocycles. The van der Waals surface area contributed by atoms with Gasteiger partial charge in [0.15, 0.2) is 4.80 Å². The second-order valence-corrected chi connectivity index (χ2v) is 9.39. The number of unbranched alkanes of at least 4 members (excludes halogenated alkanes) is 1. The van der Waals surface area contributed by atoms with Crippen LogP contribution in [0.5, 0.6) is 5.75 Å². The smallest absolute Gasteiger partial charge is 0.416 e. The molecule has 3 aromatic rings. The summed E-state index contributed by atoms with van der Waals surface area (Å²) in [6.45, 7) is 3.93. The van der Waals surface area contributed by atoms with Gasteiger partial charge in [-0.1, -0.05) is 24.7 Å². The van der Waals surface area contributed by atoms with Gasteiger partial charge in [0.05, 0.1) is 16.6 Å². The third-order valence-corrected chi connectivity index (χ3v) is 7.04. The van der Waals surface area contributed by atoms with Crippen molar-refractivity contribution in [1.82, 2.24) is 14.5 Å². The maximum absolute atomic E-state index is 13.4. The fourth-order valence-corrected chi connectivity index (χ4v) is 5.05. The number of likely N-dealkylation sites (N-methyl/N-ethyl adjacent to an activating group) is 1. The Kier molecular flexibility index (Phi) is 7.37. The highest BCUT2D eigenvalue weighted by Crippen LogP contribution is 2.33. The van der Waals surface area contributed by atoms with Gasteiger partial charge in [0.1, 0.15) is 17.2 Å². The van der Waals surface area contributed by atoms with Gasteiger partial charge in [0, 0.05) is 18.8 Å². The Bertz CT molecular complexity index is 1230. The Labute approximate surface area is 199 Å². The zero-order chi connectivity index (χ0) is 24.3. The van der Waals surface area contributed by atoms with Crippen molar-refractivity contribution in [3.63, 3.8) is 0 Å². The first-order chi connectivity index (χ1) is 16.3. The summed E-state index contributed by atoms with van der Waals surface area (Å²) in [7, 11) is 1.99. The summed E-state index contributed by atoms with van der Waals surface area (Å²) in [4.78, 5) is 25.1. The molecular formula is C24H27F3N4O2S. The van der Waals surface area contributed by atoms with Gasteiger partial charge in [0.25, 0.3) is 5.91 Å². The Hall–Kier alpha value is -2.72. The molecule has 0 N–H and O–H groups in total. The predicted octanol–water partition coefficient (Wildman–Crippen LogP) is 5.13. The molecule has 1 fully saturated rings. The SMILES string of the molecule is CCCCn1c(=NC(=O)c2cc(C(F)(F)F)ccc2OCC2CCCN2C)sc2ncccc21. The number of carbonyl (C=O) groups is 1. The van der Waals surface area contributed by atoms with Crippen molar-refractivity contribution in [3.05, 3.63) is 52.5 Å². The van der Waals surface area contributed by atoms with Crippen LogP contribution in [0.1, 0.15) is 48.5 Å². The van der Waals surface area contributed by atoms with Crippen molar-refractivity contribution < 1.29 is 22.7 Å². The maximum Gasteiger partial charge on any atom is 0.416 e. The predicted molar refractivity (Wildman–Crippen MR) is 125 cm³/mol. The zero-order valence-corrected chi connectivity index (χ0v) is 20.0. The van der Waals surface area contributed by atoms with Crippen LogP contribution in [-0.4, -0.2) is 46.6 Å². The van der Waals surface area contributed by atoms with Crippen molar-refractivity contribution in [2.75, 3.05) is 20.2 Å². The number of aromatic nitrogens is 2.